The van der Waals surface area contributed by atoms with Crippen LogP contribution in [0.4, 0.5) is 0 Å². The molecule has 0 heterocycles. The van der Waals surface area contributed by atoms with Crippen molar-refractivity contribution in [1.82, 2.24) is 0 Å². The van der Waals surface area contributed by atoms with Crippen molar-refractivity contribution in [2.45, 2.75) is 70.8 Å². The van der Waals surface area contributed by atoms with Crippen molar-refractivity contribution in [3.8, 4) is 0 Å². The Morgan fingerprint density at radius 3 is 3.00 bits per heavy atom. The minimum Gasteiger partial charge on any atom is -0.393 e. The number of rotatable bonds is 0. The smallest absolute Gasteiger partial charge is 0.0580 e. The summed E-state index contributed by atoms with van der Waals surface area (Å²) in [5.74, 6) is 1.81. The molecule has 1 N–H and O–H groups in total. The molecule has 0 aromatic rings. The van der Waals surface area contributed by atoms with Gasteiger partial charge in [-0.25, -0.2) is 0 Å². The third-order valence-corrected chi connectivity index (χ3v) is 6.57. The highest BCUT2D eigenvalue weighted by Crippen LogP contribution is 2.58. The van der Waals surface area contributed by atoms with Crippen LogP contribution in [0.15, 0.2) is 22.8 Å². The quantitative estimate of drug-likeness (QED) is 0.684. The summed E-state index contributed by atoms with van der Waals surface area (Å²) in [6.45, 7) is 2.53. The zero-order valence-electron chi connectivity index (χ0n) is 12.1. The Morgan fingerprint density at radius 2 is 2.11 bits per heavy atom. The maximum Gasteiger partial charge on any atom is 0.0580 e. The molecule has 0 aromatic heterocycles. The monoisotopic (exact) mass is 258 g/mol. The number of allylic oxidation sites excluding steroid dienone is 3. The predicted molar refractivity (Wildman–Crippen MR) is 77.8 cm³/mol. The molecule has 4 atom stereocenters. The first-order valence-corrected chi connectivity index (χ1v) is 8.27. The van der Waals surface area contributed by atoms with Crippen LogP contribution < -0.4 is 0 Å². The molecule has 4 aliphatic rings. The summed E-state index contributed by atoms with van der Waals surface area (Å²) in [6.07, 6.45) is 13.9. The number of aliphatic hydroxyl groups excluding tert-OH is 1. The van der Waals surface area contributed by atoms with Crippen LogP contribution in [0.1, 0.15) is 64.7 Å². The molecule has 0 bridgehead atoms. The van der Waals surface area contributed by atoms with Gasteiger partial charge in [0.15, 0.2) is 0 Å². The highest BCUT2D eigenvalue weighted by Gasteiger charge is 2.47. The predicted octanol–water partition coefficient (Wildman–Crippen LogP) is 4.37. The summed E-state index contributed by atoms with van der Waals surface area (Å²) < 4.78 is 0. The Balaban J connectivity index is 1.71. The zero-order chi connectivity index (χ0) is 13.0. The summed E-state index contributed by atoms with van der Waals surface area (Å²) in [5, 5.41) is 9.88. The van der Waals surface area contributed by atoms with E-state index < -0.39 is 0 Å². The normalized spacial score (nSPS) is 45.4. The summed E-state index contributed by atoms with van der Waals surface area (Å²) in [5.41, 5.74) is 5.61. The van der Waals surface area contributed by atoms with Crippen molar-refractivity contribution in [1.29, 1.82) is 0 Å². The minimum atomic E-state index is -0.0590. The van der Waals surface area contributed by atoms with E-state index in [4.69, 9.17) is 0 Å². The van der Waals surface area contributed by atoms with Crippen molar-refractivity contribution >= 4 is 0 Å². The van der Waals surface area contributed by atoms with E-state index in [-0.39, 0.29) is 6.10 Å². The lowest BCUT2D eigenvalue weighted by atomic mass is 9.59. The molecule has 0 aliphatic heterocycles. The van der Waals surface area contributed by atoms with Crippen LogP contribution in [0.5, 0.6) is 0 Å². The van der Waals surface area contributed by atoms with Crippen LogP contribution in [-0.4, -0.2) is 11.2 Å². The molecule has 19 heavy (non-hydrogen) atoms. The van der Waals surface area contributed by atoms with Crippen molar-refractivity contribution in [2.75, 3.05) is 0 Å². The molecular formula is C18H26O. The molecule has 1 fully saturated rings. The zero-order valence-corrected chi connectivity index (χ0v) is 12.1. The van der Waals surface area contributed by atoms with Gasteiger partial charge in [0.2, 0.25) is 0 Å². The standard InChI is InChI=1S/C18H26O/c1-18-9-2-3-17(18)16-6-4-12-11-13(19)5-7-14(12)15(16)8-10-18/h8,13,16-17,19H,2-7,9-11H2,1H3/t13?,16-,17+,18+/m1/s1. The van der Waals surface area contributed by atoms with E-state index >= 15 is 0 Å². The maximum absolute atomic E-state index is 9.88. The summed E-state index contributed by atoms with van der Waals surface area (Å²) in [7, 11) is 0. The molecule has 1 saturated carbocycles. The van der Waals surface area contributed by atoms with E-state index in [1.807, 2.05) is 0 Å². The fourth-order valence-electron chi connectivity index (χ4n) is 5.54. The Kier molecular flexibility index (Phi) is 2.71. The maximum atomic E-state index is 9.88. The molecule has 0 saturated heterocycles. The van der Waals surface area contributed by atoms with Crippen molar-refractivity contribution in [3.63, 3.8) is 0 Å². The van der Waals surface area contributed by atoms with Gasteiger partial charge >= 0.3 is 0 Å². The van der Waals surface area contributed by atoms with Gasteiger partial charge in [-0.15, -0.1) is 0 Å². The van der Waals surface area contributed by atoms with E-state index in [1.54, 1.807) is 16.7 Å². The van der Waals surface area contributed by atoms with E-state index in [0.717, 1.165) is 31.1 Å². The van der Waals surface area contributed by atoms with Gasteiger partial charge in [-0.1, -0.05) is 25.0 Å². The van der Waals surface area contributed by atoms with E-state index in [2.05, 4.69) is 13.0 Å². The summed E-state index contributed by atoms with van der Waals surface area (Å²) >= 11 is 0. The number of hydrogen-bond donors (Lipinski definition) is 1. The van der Waals surface area contributed by atoms with Gasteiger partial charge in [-0.3, -0.25) is 0 Å². The first-order valence-electron chi connectivity index (χ1n) is 8.27. The second-order valence-corrected chi connectivity index (χ2v) is 7.64. The van der Waals surface area contributed by atoms with Crippen LogP contribution in [0.3, 0.4) is 0 Å². The Morgan fingerprint density at radius 1 is 1.21 bits per heavy atom. The second kappa shape index (κ2) is 4.22. The van der Waals surface area contributed by atoms with E-state index in [1.165, 1.54) is 38.5 Å². The lowest BCUT2D eigenvalue weighted by Crippen LogP contribution is -2.36. The van der Waals surface area contributed by atoms with E-state index in [9.17, 15) is 5.11 Å². The molecule has 0 radical (unpaired) electrons. The van der Waals surface area contributed by atoms with Crippen LogP contribution in [0.2, 0.25) is 0 Å². The SMILES string of the molecule is C[C@]12CC=C3C4=C(CC[C@H]3[C@@H]1CCC2)CC(O)CC4. The Labute approximate surface area is 116 Å². The van der Waals surface area contributed by atoms with E-state index in [0.29, 0.717) is 5.41 Å². The molecule has 0 spiro atoms. The number of aliphatic hydroxyl groups is 1. The van der Waals surface area contributed by atoms with Crippen molar-refractivity contribution in [3.05, 3.63) is 22.8 Å². The van der Waals surface area contributed by atoms with Gasteiger partial charge in [0.05, 0.1) is 6.10 Å². The van der Waals surface area contributed by atoms with Gasteiger partial charge in [0.1, 0.15) is 0 Å². The average molecular weight is 258 g/mol. The largest absolute Gasteiger partial charge is 0.393 e. The lowest BCUT2D eigenvalue weighted by molar-refractivity contribution is 0.136. The number of hydrogen-bond acceptors (Lipinski definition) is 1. The Bertz CT molecular complexity index is 458. The van der Waals surface area contributed by atoms with Gasteiger partial charge in [-0.2, -0.15) is 0 Å². The van der Waals surface area contributed by atoms with Gasteiger partial charge < -0.3 is 5.11 Å². The molecule has 1 nitrogen and oxygen atoms in total. The highest BCUT2D eigenvalue weighted by atomic mass is 16.3. The molecule has 1 unspecified atom stereocenters. The number of fused-ring (bicyclic) bond motifs is 4. The third-order valence-electron chi connectivity index (χ3n) is 6.57. The topological polar surface area (TPSA) is 20.2 Å². The first-order chi connectivity index (χ1) is 9.17. The lowest BCUT2D eigenvalue weighted by Gasteiger charge is -2.46. The minimum absolute atomic E-state index is 0.0590. The van der Waals surface area contributed by atoms with Crippen LogP contribution in [0.25, 0.3) is 0 Å². The fraction of sp³-hybridized carbons (Fsp3) is 0.778. The molecule has 4 rings (SSSR count). The highest BCUT2D eigenvalue weighted by molar-refractivity contribution is 5.43. The van der Waals surface area contributed by atoms with Crippen LogP contribution in [-0.2, 0) is 0 Å². The summed E-state index contributed by atoms with van der Waals surface area (Å²) in [4.78, 5) is 0. The van der Waals surface area contributed by atoms with Crippen LogP contribution in [0, 0.1) is 17.3 Å². The van der Waals surface area contributed by atoms with Gasteiger partial charge in [0.25, 0.3) is 0 Å². The third kappa shape index (κ3) is 1.77. The Hall–Kier alpha value is -0.560. The molecule has 104 valence electrons. The summed E-state index contributed by atoms with van der Waals surface area (Å²) in [6, 6.07) is 0. The first kappa shape index (κ1) is 12.2. The van der Waals surface area contributed by atoms with Crippen molar-refractivity contribution < 1.29 is 5.11 Å². The van der Waals surface area contributed by atoms with Gasteiger partial charge in [-0.05, 0) is 79.8 Å². The fourth-order valence-corrected chi connectivity index (χ4v) is 5.54. The molecule has 0 aromatic carbocycles. The van der Waals surface area contributed by atoms with Gasteiger partial charge in [0, 0.05) is 0 Å². The molecular weight excluding hydrogens is 232 g/mol. The molecule has 1 heteroatoms. The average Bonchev–Trinajstić information content (AvgIpc) is 2.79. The van der Waals surface area contributed by atoms with Crippen molar-refractivity contribution in [2.24, 2.45) is 17.3 Å². The van der Waals surface area contributed by atoms with Crippen LogP contribution >= 0.6 is 0 Å². The molecule has 4 aliphatic carbocycles. The second-order valence-electron chi connectivity index (χ2n) is 7.64. The molecule has 0 amide bonds.